The molecule has 0 aromatic carbocycles. The van der Waals surface area contributed by atoms with Crippen LogP contribution < -0.4 is 0 Å². The van der Waals surface area contributed by atoms with E-state index < -0.39 is 11.0 Å². The molecular formula is C5H6Cl2O2. The summed E-state index contributed by atoms with van der Waals surface area (Å²) < 4.78 is 4.30. The van der Waals surface area contributed by atoms with Crippen molar-refractivity contribution in [3.63, 3.8) is 0 Å². The van der Waals surface area contributed by atoms with Crippen molar-refractivity contribution < 1.29 is 9.53 Å². The predicted octanol–water partition coefficient (Wildman–Crippen LogP) is 1.87. The molecule has 52 valence electrons. The minimum absolute atomic E-state index is 0.279. The molecular weight excluding hydrogens is 163 g/mol. The van der Waals surface area contributed by atoms with Crippen LogP contribution in [-0.4, -0.2) is 11.0 Å². The molecule has 0 atom stereocenters. The molecule has 0 amide bonds. The highest BCUT2D eigenvalue weighted by Crippen LogP contribution is 2.05. The molecule has 0 aromatic heterocycles. The summed E-state index contributed by atoms with van der Waals surface area (Å²) in [6.45, 7) is 4.83. The molecule has 0 spiro atoms. The molecule has 4 heteroatoms. The molecule has 0 aliphatic rings. The number of hydrogen-bond donors (Lipinski definition) is 0. The Hall–Kier alpha value is -0.210. The number of alkyl halides is 2. The van der Waals surface area contributed by atoms with Gasteiger partial charge in [0.05, 0.1) is 0 Å². The minimum Gasteiger partial charge on any atom is -0.428 e. The van der Waals surface area contributed by atoms with Gasteiger partial charge in [-0.15, -0.1) is 0 Å². The lowest BCUT2D eigenvalue weighted by molar-refractivity contribution is -0.138. The lowest BCUT2D eigenvalue weighted by Crippen LogP contribution is -2.07. The second-order valence-electron chi connectivity index (χ2n) is 1.45. The molecule has 0 aliphatic carbocycles. The van der Waals surface area contributed by atoms with Crippen LogP contribution in [0.5, 0.6) is 0 Å². The molecule has 0 rings (SSSR count). The molecule has 0 saturated heterocycles. The first-order chi connectivity index (χ1) is 4.04. The monoisotopic (exact) mass is 168 g/mol. The normalized spacial score (nSPS) is 9.33. The van der Waals surface area contributed by atoms with Crippen molar-refractivity contribution >= 4 is 29.2 Å². The third-order valence-corrected chi connectivity index (χ3v) is 0.723. The Morgan fingerprint density at radius 3 is 2.22 bits per heavy atom. The lowest BCUT2D eigenvalue weighted by atomic mass is 10.4. The van der Waals surface area contributed by atoms with Crippen LogP contribution in [-0.2, 0) is 9.53 Å². The lowest BCUT2D eigenvalue weighted by Gasteiger charge is -2.01. The third-order valence-electron chi connectivity index (χ3n) is 0.545. The maximum atomic E-state index is 10.5. The van der Waals surface area contributed by atoms with E-state index in [1.165, 1.54) is 6.92 Å². The Bertz CT molecular complexity index is 131. The van der Waals surface area contributed by atoms with Gasteiger partial charge in [0.25, 0.3) is 5.02 Å². The van der Waals surface area contributed by atoms with Crippen LogP contribution in [0.25, 0.3) is 0 Å². The van der Waals surface area contributed by atoms with Crippen molar-refractivity contribution in [3.8, 4) is 0 Å². The molecule has 0 N–H and O–H groups in total. The van der Waals surface area contributed by atoms with Crippen LogP contribution in [0.15, 0.2) is 12.2 Å². The Morgan fingerprint density at radius 2 is 2.11 bits per heavy atom. The molecule has 0 aliphatic heterocycles. The van der Waals surface area contributed by atoms with E-state index in [9.17, 15) is 4.79 Å². The molecule has 9 heavy (non-hydrogen) atoms. The van der Waals surface area contributed by atoms with Gasteiger partial charge in [-0.2, -0.15) is 0 Å². The Kier molecular flexibility index (Phi) is 3.66. The summed E-state index contributed by atoms with van der Waals surface area (Å²) in [7, 11) is 0. The standard InChI is InChI=1S/C5H6Cl2O2/c1-3(2)4(8)9-5(6)7/h5H,1H2,2H3. The Morgan fingerprint density at radius 1 is 1.67 bits per heavy atom. The number of rotatable bonds is 2. The molecule has 0 bridgehead atoms. The van der Waals surface area contributed by atoms with Crippen molar-refractivity contribution in [3.05, 3.63) is 12.2 Å². The first-order valence-electron chi connectivity index (χ1n) is 2.18. The minimum atomic E-state index is -1.10. The van der Waals surface area contributed by atoms with Crippen molar-refractivity contribution in [1.82, 2.24) is 0 Å². The van der Waals surface area contributed by atoms with E-state index in [2.05, 4.69) is 11.3 Å². The van der Waals surface area contributed by atoms with Gasteiger partial charge < -0.3 is 4.74 Å². The van der Waals surface area contributed by atoms with Gasteiger partial charge >= 0.3 is 5.97 Å². The maximum absolute atomic E-state index is 10.5. The molecule has 0 aromatic rings. The highest BCUT2D eigenvalue weighted by molar-refractivity contribution is 6.43. The highest BCUT2D eigenvalue weighted by atomic mass is 35.5. The molecule has 0 unspecified atom stereocenters. The van der Waals surface area contributed by atoms with E-state index in [0.29, 0.717) is 0 Å². The SMILES string of the molecule is C=C(C)C(=O)OC(Cl)Cl. The average Bonchev–Trinajstić information content (AvgIpc) is 1.63. The molecule has 0 saturated carbocycles. The van der Waals surface area contributed by atoms with E-state index in [1.54, 1.807) is 0 Å². The number of carbonyl (C=O) groups is 1. The first-order valence-corrected chi connectivity index (χ1v) is 3.06. The zero-order valence-corrected chi connectivity index (χ0v) is 6.37. The predicted molar refractivity (Wildman–Crippen MR) is 36.4 cm³/mol. The maximum Gasteiger partial charge on any atom is 0.335 e. The summed E-state index contributed by atoms with van der Waals surface area (Å²) in [6, 6.07) is 0. The van der Waals surface area contributed by atoms with Crippen molar-refractivity contribution in [1.29, 1.82) is 0 Å². The van der Waals surface area contributed by atoms with Gasteiger partial charge in [0.2, 0.25) is 0 Å². The fourth-order valence-electron chi connectivity index (χ4n) is 0.182. The van der Waals surface area contributed by atoms with Gasteiger partial charge in [0, 0.05) is 5.57 Å². The summed E-state index contributed by atoms with van der Waals surface area (Å²) in [5.74, 6) is -0.579. The second-order valence-corrected chi connectivity index (χ2v) is 2.46. The van der Waals surface area contributed by atoms with Gasteiger partial charge in [0.15, 0.2) is 0 Å². The summed E-state index contributed by atoms with van der Waals surface area (Å²) in [4.78, 5) is 10.5. The number of halogens is 2. The fraction of sp³-hybridized carbons (Fsp3) is 0.400. The second kappa shape index (κ2) is 3.75. The van der Waals surface area contributed by atoms with E-state index in [4.69, 9.17) is 23.2 Å². The van der Waals surface area contributed by atoms with Gasteiger partial charge in [-0.1, -0.05) is 29.8 Å². The zero-order chi connectivity index (χ0) is 7.44. The van der Waals surface area contributed by atoms with Gasteiger partial charge in [0.1, 0.15) is 0 Å². The third kappa shape index (κ3) is 4.30. The van der Waals surface area contributed by atoms with Gasteiger partial charge in [-0.25, -0.2) is 4.79 Å². The Labute approximate surface area is 63.4 Å². The van der Waals surface area contributed by atoms with Crippen LogP contribution in [0.4, 0.5) is 0 Å². The topological polar surface area (TPSA) is 26.3 Å². The summed E-state index contributed by atoms with van der Waals surface area (Å²) in [5, 5.41) is -1.10. The van der Waals surface area contributed by atoms with E-state index in [-0.39, 0.29) is 5.57 Å². The number of hydrogen-bond acceptors (Lipinski definition) is 2. The van der Waals surface area contributed by atoms with E-state index >= 15 is 0 Å². The van der Waals surface area contributed by atoms with Crippen LogP contribution in [0, 0.1) is 0 Å². The zero-order valence-electron chi connectivity index (χ0n) is 4.86. The molecule has 0 radical (unpaired) electrons. The molecule has 2 nitrogen and oxygen atoms in total. The molecule has 0 fully saturated rings. The van der Waals surface area contributed by atoms with Crippen molar-refractivity contribution in [2.45, 2.75) is 11.9 Å². The number of ether oxygens (including phenoxy) is 1. The summed E-state index contributed by atoms with van der Waals surface area (Å²) in [6.07, 6.45) is 0. The van der Waals surface area contributed by atoms with Crippen LogP contribution in [0.3, 0.4) is 0 Å². The smallest absolute Gasteiger partial charge is 0.335 e. The highest BCUT2D eigenvalue weighted by Gasteiger charge is 2.06. The quantitative estimate of drug-likeness (QED) is 0.358. The Balaban J connectivity index is 3.65. The first kappa shape index (κ1) is 8.79. The number of carbonyl (C=O) groups excluding carboxylic acids is 1. The van der Waals surface area contributed by atoms with Gasteiger partial charge in [-0.3, -0.25) is 0 Å². The van der Waals surface area contributed by atoms with Crippen LogP contribution in [0.2, 0.25) is 0 Å². The van der Waals surface area contributed by atoms with Crippen molar-refractivity contribution in [2.24, 2.45) is 0 Å². The molecule has 0 heterocycles. The number of esters is 1. The van der Waals surface area contributed by atoms with Crippen LogP contribution >= 0.6 is 23.2 Å². The fourth-order valence-corrected chi connectivity index (χ4v) is 0.343. The largest absolute Gasteiger partial charge is 0.428 e. The van der Waals surface area contributed by atoms with Crippen molar-refractivity contribution in [2.75, 3.05) is 0 Å². The summed E-state index contributed by atoms with van der Waals surface area (Å²) >= 11 is 10.2. The summed E-state index contributed by atoms with van der Waals surface area (Å²) in [5.41, 5.74) is 0.279. The van der Waals surface area contributed by atoms with Crippen LogP contribution in [0.1, 0.15) is 6.92 Å². The van der Waals surface area contributed by atoms with Gasteiger partial charge in [-0.05, 0) is 6.92 Å². The average molecular weight is 169 g/mol. The van der Waals surface area contributed by atoms with E-state index in [0.717, 1.165) is 0 Å². The van der Waals surface area contributed by atoms with E-state index in [1.807, 2.05) is 0 Å².